The molecule has 9 nitrogen and oxygen atoms in total. The Morgan fingerprint density at radius 1 is 1.06 bits per heavy atom. The smallest absolute Gasteiger partial charge is 0.295 e. The average molecular weight is 457 g/mol. The van der Waals surface area contributed by atoms with E-state index in [4.69, 9.17) is 4.52 Å². The number of benzene rings is 1. The lowest BCUT2D eigenvalue weighted by molar-refractivity contribution is -0.126. The van der Waals surface area contributed by atoms with Crippen LogP contribution in [0.15, 0.2) is 47.1 Å². The number of amides is 1. The number of pyridine rings is 1. The third kappa shape index (κ3) is 3.63. The number of aromatic nitrogens is 4. The van der Waals surface area contributed by atoms with E-state index in [0.717, 1.165) is 35.1 Å². The number of nitrogens with one attached hydrogen (secondary N) is 1. The van der Waals surface area contributed by atoms with E-state index in [0.29, 0.717) is 55.1 Å². The van der Waals surface area contributed by atoms with Gasteiger partial charge in [0.2, 0.25) is 11.7 Å². The lowest BCUT2D eigenvalue weighted by Crippen LogP contribution is -2.50. The second-order valence-corrected chi connectivity index (χ2v) is 8.91. The molecule has 4 heterocycles. The minimum Gasteiger partial charge on any atom is -0.358 e. The molecule has 6 rings (SSSR count). The summed E-state index contributed by atoms with van der Waals surface area (Å²) in [6.07, 6.45) is 3.97. The first kappa shape index (κ1) is 20.6. The van der Waals surface area contributed by atoms with Crippen molar-refractivity contribution in [2.75, 3.05) is 31.1 Å². The van der Waals surface area contributed by atoms with Crippen molar-refractivity contribution in [3.05, 3.63) is 59.7 Å². The molecule has 4 aromatic rings. The third-order valence-electron chi connectivity index (χ3n) is 6.58. The van der Waals surface area contributed by atoms with E-state index in [2.05, 4.69) is 25.0 Å². The fourth-order valence-corrected chi connectivity index (χ4v) is 4.51. The predicted molar refractivity (Wildman–Crippen MR) is 126 cm³/mol. The number of aromatic amines is 1. The van der Waals surface area contributed by atoms with Gasteiger partial charge in [-0.2, -0.15) is 4.98 Å². The van der Waals surface area contributed by atoms with Crippen LogP contribution in [0.1, 0.15) is 40.7 Å². The van der Waals surface area contributed by atoms with Gasteiger partial charge >= 0.3 is 0 Å². The summed E-state index contributed by atoms with van der Waals surface area (Å²) in [4.78, 5) is 42.0. The van der Waals surface area contributed by atoms with Crippen molar-refractivity contribution < 1.29 is 14.1 Å². The van der Waals surface area contributed by atoms with Gasteiger partial charge in [0.15, 0.2) is 0 Å². The number of hydrogen-bond donors (Lipinski definition) is 1. The molecule has 3 aromatic heterocycles. The summed E-state index contributed by atoms with van der Waals surface area (Å²) in [7, 11) is 0. The highest BCUT2D eigenvalue weighted by atomic mass is 16.5. The molecule has 1 saturated carbocycles. The highest BCUT2D eigenvalue weighted by molar-refractivity contribution is 6.45. The van der Waals surface area contributed by atoms with Crippen LogP contribution in [0.5, 0.6) is 0 Å². The van der Waals surface area contributed by atoms with Crippen molar-refractivity contribution in [1.82, 2.24) is 25.0 Å². The Balaban J connectivity index is 1.11. The van der Waals surface area contributed by atoms with Crippen molar-refractivity contribution in [3.8, 4) is 11.4 Å². The number of Topliss-reactive ketones (excluding diaryl/α,β-unsaturated/α-hetero) is 1. The molecule has 1 N–H and O–H groups in total. The molecule has 2 aliphatic rings. The molecule has 34 heavy (non-hydrogen) atoms. The summed E-state index contributed by atoms with van der Waals surface area (Å²) >= 11 is 0. The number of piperazine rings is 1. The summed E-state index contributed by atoms with van der Waals surface area (Å²) in [6, 6.07) is 11.4. The first-order valence-electron chi connectivity index (χ1n) is 11.5. The molecule has 172 valence electrons. The molecule has 0 atom stereocenters. The molecule has 0 radical (unpaired) electrons. The van der Waals surface area contributed by atoms with Gasteiger partial charge in [0.05, 0.1) is 5.56 Å². The summed E-state index contributed by atoms with van der Waals surface area (Å²) in [5.74, 6) is 1.58. The Hall–Kier alpha value is -4.01. The summed E-state index contributed by atoms with van der Waals surface area (Å²) in [5, 5.41) is 4.85. The fourth-order valence-electron chi connectivity index (χ4n) is 4.51. The minimum absolute atomic E-state index is 0.416. The molecule has 1 aliphatic heterocycles. The second-order valence-electron chi connectivity index (χ2n) is 8.91. The van der Waals surface area contributed by atoms with Crippen LogP contribution < -0.4 is 4.90 Å². The van der Waals surface area contributed by atoms with E-state index in [1.54, 1.807) is 11.1 Å². The van der Waals surface area contributed by atoms with Gasteiger partial charge in [-0.15, -0.1) is 0 Å². The standard InChI is InChI=1S/C25H24N6O3/c1-15-21(18-4-2-3-5-19(18)27-15)22(32)25(33)31-12-10-30(11-13-31)20-9-8-17(14-26-20)23-28-24(34-29-23)16-6-7-16/h2-5,8-9,14,16,27H,6-7,10-13H2,1H3. The number of ketones is 1. The molecular weight excluding hydrogens is 432 g/mol. The highest BCUT2D eigenvalue weighted by Gasteiger charge is 2.31. The van der Waals surface area contributed by atoms with Crippen molar-refractivity contribution in [3.63, 3.8) is 0 Å². The first-order chi connectivity index (χ1) is 16.6. The van der Waals surface area contributed by atoms with Gasteiger partial charge in [-0.05, 0) is 38.0 Å². The van der Waals surface area contributed by atoms with Crippen molar-refractivity contribution in [1.29, 1.82) is 0 Å². The SMILES string of the molecule is Cc1[nH]c2ccccc2c1C(=O)C(=O)N1CCN(c2ccc(-c3noc(C4CC4)n3)cn2)CC1. The Kier molecular flexibility index (Phi) is 4.90. The van der Waals surface area contributed by atoms with Gasteiger partial charge < -0.3 is 19.3 Å². The van der Waals surface area contributed by atoms with E-state index in [-0.39, 0.29) is 0 Å². The molecule has 2 fully saturated rings. The van der Waals surface area contributed by atoms with Crippen LogP contribution in [0.3, 0.4) is 0 Å². The van der Waals surface area contributed by atoms with Crippen molar-refractivity contribution in [2.24, 2.45) is 0 Å². The van der Waals surface area contributed by atoms with Crippen molar-refractivity contribution in [2.45, 2.75) is 25.7 Å². The number of rotatable bonds is 5. The number of anilines is 1. The lowest BCUT2D eigenvalue weighted by Gasteiger charge is -2.35. The van der Waals surface area contributed by atoms with Gasteiger partial charge in [-0.25, -0.2) is 4.98 Å². The molecule has 1 aromatic carbocycles. The minimum atomic E-state index is -0.462. The van der Waals surface area contributed by atoms with Crippen LogP contribution in [0, 0.1) is 6.92 Å². The maximum atomic E-state index is 13.1. The number of hydrogen-bond acceptors (Lipinski definition) is 7. The number of nitrogens with zero attached hydrogens (tertiary/aromatic N) is 5. The molecule has 1 saturated heterocycles. The Bertz CT molecular complexity index is 1380. The quantitative estimate of drug-likeness (QED) is 0.362. The van der Waals surface area contributed by atoms with E-state index in [1.165, 1.54) is 0 Å². The maximum absolute atomic E-state index is 13.1. The molecule has 9 heteroatoms. The van der Waals surface area contributed by atoms with Crippen molar-refractivity contribution >= 4 is 28.4 Å². The molecule has 1 amide bonds. The predicted octanol–water partition coefficient (Wildman–Crippen LogP) is 3.33. The molecular formula is C25H24N6O3. The number of carbonyl (C=O) groups excluding carboxylic acids is 2. The molecule has 0 spiro atoms. The van der Waals surface area contributed by atoms with Crippen LogP contribution >= 0.6 is 0 Å². The topological polar surface area (TPSA) is 108 Å². The monoisotopic (exact) mass is 456 g/mol. The Labute approximate surface area is 195 Å². The largest absolute Gasteiger partial charge is 0.358 e. The normalized spacial score (nSPS) is 16.3. The first-order valence-corrected chi connectivity index (χ1v) is 11.5. The van der Waals surface area contributed by atoms with Gasteiger partial charge in [-0.1, -0.05) is 23.4 Å². The van der Waals surface area contributed by atoms with Crippen LogP contribution in [-0.4, -0.2) is 62.9 Å². The fraction of sp³-hybridized carbons (Fsp3) is 0.320. The highest BCUT2D eigenvalue weighted by Crippen LogP contribution is 2.39. The van der Waals surface area contributed by atoms with E-state index < -0.39 is 11.7 Å². The van der Waals surface area contributed by atoms with Crippen LogP contribution in [-0.2, 0) is 4.79 Å². The van der Waals surface area contributed by atoms with E-state index in [1.807, 2.05) is 43.3 Å². The Morgan fingerprint density at radius 3 is 2.59 bits per heavy atom. The molecule has 0 unspecified atom stereocenters. The van der Waals surface area contributed by atoms with Gasteiger partial charge in [-0.3, -0.25) is 9.59 Å². The average Bonchev–Trinajstić information content (AvgIpc) is 3.50. The van der Waals surface area contributed by atoms with E-state index >= 15 is 0 Å². The number of carbonyl (C=O) groups is 2. The third-order valence-corrected chi connectivity index (χ3v) is 6.58. The zero-order chi connectivity index (χ0) is 23.2. The number of fused-ring (bicyclic) bond motifs is 1. The summed E-state index contributed by atoms with van der Waals surface area (Å²) < 4.78 is 5.33. The number of para-hydroxylation sites is 1. The second kappa shape index (κ2) is 8.09. The van der Waals surface area contributed by atoms with Gasteiger partial charge in [0.25, 0.3) is 11.7 Å². The van der Waals surface area contributed by atoms with Gasteiger partial charge in [0, 0.05) is 60.5 Å². The summed E-state index contributed by atoms with van der Waals surface area (Å²) in [5.41, 5.74) is 2.85. The number of aryl methyl sites for hydroxylation is 1. The van der Waals surface area contributed by atoms with Crippen LogP contribution in [0.4, 0.5) is 5.82 Å². The van der Waals surface area contributed by atoms with Crippen LogP contribution in [0.25, 0.3) is 22.3 Å². The molecule has 0 bridgehead atoms. The zero-order valence-electron chi connectivity index (χ0n) is 18.8. The van der Waals surface area contributed by atoms with Gasteiger partial charge in [0.1, 0.15) is 5.82 Å². The van der Waals surface area contributed by atoms with E-state index in [9.17, 15) is 9.59 Å². The Morgan fingerprint density at radius 2 is 1.85 bits per heavy atom. The molecule has 1 aliphatic carbocycles. The number of H-pyrrole nitrogens is 1. The zero-order valence-corrected chi connectivity index (χ0v) is 18.8. The summed E-state index contributed by atoms with van der Waals surface area (Å²) in [6.45, 7) is 3.96. The lowest BCUT2D eigenvalue weighted by atomic mass is 10.1. The maximum Gasteiger partial charge on any atom is 0.295 e. The van der Waals surface area contributed by atoms with Crippen LogP contribution in [0.2, 0.25) is 0 Å².